The fourth-order valence-electron chi connectivity index (χ4n) is 3.15. The van der Waals surface area contributed by atoms with Crippen molar-refractivity contribution in [3.05, 3.63) is 59.7 Å². The summed E-state index contributed by atoms with van der Waals surface area (Å²) < 4.78 is 5.89. The summed E-state index contributed by atoms with van der Waals surface area (Å²) in [5.74, 6) is 0.895. The molecule has 126 valence electrons. The minimum absolute atomic E-state index is 0.0927. The van der Waals surface area contributed by atoms with E-state index in [2.05, 4.69) is 6.92 Å². The molecular formula is C20H23NO3. The molecule has 1 atom stereocenters. The zero-order chi connectivity index (χ0) is 16.9. The lowest BCUT2D eigenvalue weighted by Gasteiger charge is -2.22. The fraction of sp³-hybridized carbons (Fsp3) is 0.350. The third kappa shape index (κ3) is 3.88. The van der Waals surface area contributed by atoms with Crippen LogP contribution in [0, 0.1) is 0 Å². The number of phenols is 1. The van der Waals surface area contributed by atoms with E-state index in [9.17, 15) is 9.90 Å². The Morgan fingerprint density at radius 3 is 2.75 bits per heavy atom. The van der Waals surface area contributed by atoms with Crippen molar-refractivity contribution in [1.29, 1.82) is 0 Å². The van der Waals surface area contributed by atoms with Gasteiger partial charge in [-0.15, -0.1) is 0 Å². The molecule has 2 aromatic rings. The van der Waals surface area contributed by atoms with Crippen LogP contribution in [0.25, 0.3) is 0 Å². The zero-order valence-electron chi connectivity index (χ0n) is 13.9. The van der Waals surface area contributed by atoms with Gasteiger partial charge in [0.15, 0.2) is 0 Å². The number of phenolic OH excluding ortho intramolecular Hbond substituents is 1. The normalized spacial score (nSPS) is 17.0. The van der Waals surface area contributed by atoms with E-state index >= 15 is 0 Å². The molecule has 24 heavy (non-hydrogen) atoms. The molecule has 1 aliphatic rings. The van der Waals surface area contributed by atoms with Crippen molar-refractivity contribution in [2.75, 3.05) is 6.54 Å². The monoisotopic (exact) mass is 325 g/mol. The number of carbonyl (C=O) groups excluding carboxylic acids is 1. The second-order valence-electron chi connectivity index (χ2n) is 6.32. The highest BCUT2D eigenvalue weighted by Gasteiger charge is 2.25. The van der Waals surface area contributed by atoms with Gasteiger partial charge in [-0.1, -0.05) is 30.3 Å². The predicted molar refractivity (Wildman–Crippen MR) is 93.0 cm³/mol. The number of ether oxygens (including phenoxy) is 1. The van der Waals surface area contributed by atoms with E-state index in [1.807, 2.05) is 35.2 Å². The molecule has 0 unspecified atom stereocenters. The van der Waals surface area contributed by atoms with Crippen LogP contribution in [0.3, 0.4) is 0 Å². The van der Waals surface area contributed by atoms with Gasteiger partial charge in [-0.3, -0.25) is 4.79 Å². The second-order valence-corrected chi connectivity index (χ2v) is 6.32. The molecule has 4 nitrogen and oxygen atoms in total. The molecule has 0 spiro atoms. The second kappa shape index (κ2) is 7.39. The SMILES string of the molecule is C[C@H]1CCCN1C(=O)Cc1cc(O)ccc1OCc1ccccc1. The molecule has 3 rings (SSSR count). The highest BCUT2D eigenvalue weighted by atomic mass is 16.5. The predicted octanol–water partition coefficient (Wildman–Crippen LogP) is 3.52. The number of carbonyl (C=O) groups is 1. The van der Waals surface area contributed by atoms with Gasteiger partial charge in [0.05, 0.1) is 6.42 Å². The summed E-state index contributed by atoms with van der Waals surface area (Å²) in [6.45, 7) is 3.34. The Morgan fingerprint density at radius 1 is 1.25 bits per heavy atom. The van der Waals surface area contributed by atoms with Crippen LogP contribution >= 0.6 is 0 Å². The lowest BCUT2D eigenvalue weighted by Crippen LogP contribution is -2.34. The van der Waals surface area contributed by atoms with E-state index < -0.39 is 0 Å². The van der Waals surface area contributed by atoms with Crippen LogP contribution in [0.5, 0.6) is 11.5 Å². The Morgan fingerprint density at radius 2 is 2.04 bits per heavy atom. The third-order valence-corrected chi connectivity index (χ3v) is 4.50. The first-order valence-corrected chi connectivity index (χ1v) is 8.41. The molecule has 1 amide bonds. The maximum atomic E-state index is 12.6. The standard InChI is InChI=1S/C20H23NO3/c1-15-6-5-11-21(15)20(23)13-17-12-18(22)9-10-19(17)24-14-16-7-3-2-4-8-16/h2-4,7-10,12,15,22H,5-6,11,13-14H2,1H3/t15-/m0/s1. The summed E-state index contributed by atoms with van der Waals surface area (Å²) in [7, 11) is 0. The first kappa shape index (κ1) is 16.4. The summed E-state index contributed by atoms with van der Waals surface area (Å²) >= 11 is 0. The van der Waals surface area contributed by atoms with Crippen molar-refractivity contribution in [1.82, 2.24) is 4.90 Å². The van der Waals surface area contributed by atoms with Crippen LogP contribution in [0.1, 0.15) is 30.9 Å². The van der Waals surface area contributed by atoms with E-state index in [1.54, 1.807) is 18.2 Å². The lowest BCUT2D eigenvalue weighted by molar-refractivity contribution is -0.131. The summed E-state index contributed by atoms with van der Waals surface area (Å²) in [5.41, 5.74) is 1.80. The van der Waals surface area contributed by atoms with Crippen LogP contribution in [-0.4, -0.2) is 28.5 Å². The van der Waals surface area contributed by atoms with Crippen molar-refractivity contribution >= 4 is 5.91 Å². The molecule has 1 N–H and O–H groups in total. The van der Waals surface area contributed by atoms with Crippen LogP contribution in [0.4, 0.5) is 0 Å². The Bertz CT molecular complexity index is 699. The molecule has 1 fully saturated rings. The topological polar surface area (TPSA) is 49.8 Å². The number of nitrogens with zero attached hydrogens (tertiary/aromatic N) is 1. The number of aromatic hydroxyl groups is 1. The molecule has 0 aliphatic carbocycles. The van der Waals surface area contributed by atoms with Crippen LogP contribution < -0.4 is 4.74 Å². The number of hydrogen-bond donors (Lipinski definition) is 1. The van der Waals surface area contributed by atoms with Crippen molar-refractivity contribution in [2.45, 2.75) is 38.8 Å². The minimum Gasteiger partial charge on any atom is -0.508 e. The molecule has 1 aliphatic heterocycles. The molecule has 4 heteroatoms. The Balaban J connectivity index is 1.72. The average molecular weight is 325 g/mol. The van der Waals surface area contributed by atoms with Gasteiger partial charge in [-0.2, -0.15) is 0 Å². The maximum absolute atomic E-state index is 12.6. The lowest BCUT2D eigenvalue weighted by atomic mass is 10.1. The molecule has 2 aromatic carbocycles. The Kier molecular flexibility index (Phi) is 5.04. The smallest absolute Gasteiger partial charge is 0.227 e. The fourth-order valence-corrected chi connectivity index (χ4v) is 3.15. The molecule has 0 saturated carbocycles. The first-order chi connectivity index (χ1) is 11.6. The van der Waals surface area contributed by atoms with Crippen LogP contribution in [0.15, 0.2) is 48.5 Å². The van der Waals surface area contributed by atoms with E-state index in [0.717, 1.165) is 30.5 Å². The summed E-state index contributed by atoms with van der Waals surface area (Å²) in [6, 6.07) is 15.1. The molecular weight excluding hydrogens is 302 g/mol. The van der Waals surface area contributed by atoms with Gasteiger partial charge in [0, 0.05) is 18.2 Å². The molecule has 1 saturated heterocycles. The molecule has 1 heterocycles. The van der Waals surface area contributed by atoms with Gasteiger partial charge in [0.1, 0.15) is 18.1 Å². The number of rotatable bonds is 5. The Hall–Kier alpha value is -2.49. The van der Waals surface area contributed by atoms with Gasteiger partial charge in [0.2, 0.25) is 5.91 Å². The number of benzene rings is 2. The van der Waals surface area contributed by atoms with Gasteiger partial charge < -0.3 is 14.7 Å². The van der Waals surface area contributed by atoms with Gasteiger partial charge in [-0.25, -0.2) is 0 Å². The Labute approximate surface area is 142 Å². The summed E-state index contributed by atoms with van der Waals surface area (Å²) in [5, 5.41) is 9.77. The van der Waals surface area contributed by atoms with Crippen molar-refractivity contribution in [2.24, 2.45) is 0 Å². The minimum atomic E-state index is 0.0927. The number of hydrogen-bond acceptors (Lipinski definition) is 3. The third-order valence-electron chi connectivity index (χ3n) is 4.50. The van der Waals surface area contributed by atoms with E-state index in [4.69, 9.17) is 4.74 Å². The van der Waals surface area contributed by atoms with Crippen molar-refractivity contribution in [3.8, 4) is 11.5 Å². The number of amides is 1. The highest BCUT2D eigenvalue weighted by Crippen LogP contribution is 2.27. The summed E-state index contributed by atoms with van der Waals surface area (Å²) in [6.07, 6.45) is 2.37. The van der Waals surface area contributed by atoms with Crippen molar-refractivity contribution in [3.63, 3.8) is 0 Å². The maximum Gasteiger partial charge on any atom is 0.227 e. The quantitative estimate of drug-likeness (QED) is 0.915. The largest absolute Gasteiger partial charge is 0.508 e. The first-order valence-electron chi connectivity index (χ1n) is 8.41. The number of likely N-dealkylation sites (tertiary alicyclic amines) is 1. The average Bonchev–Trinajstić information content (AvgIpc) is 3.01. The summed E-state index contributed by atoms with van der Waals surface area (Å²) in [4.78, 5) is 14.5. The van der Waals surface area contributed by atoms with Gasteiger partial charge in [0.25, 0.3) is 0 Å². The van der Waals surface area contributed by atoms with E-state index in [0.29, 0.717) is 18.4 Å². The van der Waals surface area contributed by atoms with E-state index in [-0.39, 0.29) is 18.1 Å². The van der Waals surface area contributed by atoms with Gasteiger partial charge >= 0.3 is 0 Å². The molecule has 0 radical (unpaired) electrons. The van der Waals surface area contributed by atoms with Crippen LogP contribution in [0.2, 0.25) is 0 Å². The van der Waals surface area contributed by atoms with Gasteiger partial charge in [-0.05, 0) is 43.5 Å². The highest BCUT2D eigenvalue weighted by molar-refractivity contribution is 5.80. The van der Waals surface area contributed by atoms with Crippen molar-refractivity contribution < 1.29 is 14.6 Å². The van der Waals surface area contributed by atoms with E-state index in [1.165, 1.54) is 0 Å². The molecule has 0 bridgehead atoms. The zero-order valence-corrected chi connectivity index (χ0v) is 13.9. The van der Waals surface area contributed by atoms with Crippen LogP contribution in [-0.2, 0) is 17.8 Å². The molecule has 0 aromatic heterocycles.